The minimum Gasteiger partial charge on any atom is -0.490 e. The number of carboxylic acid groups (broad SMARTS) is 1. The summed E-state index contributed by atoms with van der Waals surface area (Å²) in [5, 5.41) is 12.7. The second-order valence-corrected chi connectivity index (χ2v) is 8.29. The van der Waals surface area contributed by atoms with Crippen LogP contribution < -0.4 is 10.1 Å². The van der Waals surface area contributed by atoms with Crippen molar-refractivity contribution in [3.8, 4) is 5.75 Å². The van der Waals surface area contributed by atoms with E-state index in [4.69, 9.17) is 9.84 Å². The third-order valence-electron chi connectivity index (χ3n) is 5.67. The van der Waals surface area contributed by atoms with E-state index in [1.807, 2.05) is 18.2 Å². The van der Waals surface area contributed by atoms with Gasteiger partial charge >= 0.3 is 5.97 Å². The van der Waals surface area contributed by atoms with Crippen LogP contribution in [0.25, 0.3) is 10.9 Å². The number of benzene rings is 1. The van der Waals surface area contributed by atoms with Crippen LogP contribution in [0.2, 0.25) is 0 Å². The molecule has 3 N–H and O–H groups in total. The molecule has 9 heteroatoms. The summed E-state index contributed by atoms with van der Waals surface area (Å²) in [5.74, 6) is -2.52. The molecule has 0 unspecified atom stereocenters. The van der Waals surface area contributed by atoms with Gasteiger partial charge in [-0.3, -0.25) is 0 Å². The minimum atomic E-state index is -2.38. The van der Waals surface area contributed by atoms with Crippen molar-refractivity contribution in [2.75, 3.05) is 26.2 Å². The van der Waals surface area contributed by atoms with Crippen molar-refractivity contribution in [1.29, 1.82) is 0 Å². The fourth-order valence-corrected chi connectivity index (χ4v) is 3.79. The van der Waals surface area contributed by atoms with Crippen LogP contribution in [-0.4, -0.2) is 65.2 Å². The fourth-order valence-electron chi connectivity index (χ4n) is 3.79. The van der Waals surface area contributed by atoms with Gasteiger partial charge in [-0.05, 0) is 51.0 Å². The number of hydrogen-bond acceptors (Lipinski definition) is 4. The average molecular weight is 460 g/mol. The first-order valence-electron chi connectivity index (χ1n) is 10.6. The van der Waals surface area contributed by atoms with Crippen LogP contribution in [0.5, 0.6) is 5.75 Å². The Hall–Kier alpha value is -1.90. The number of rotatable bonds is 4. The summed E-state index contributed by atoms with van der Waals surface area (Å²) in [6.45, 7) is 7.51. The van der Waals surface area contributed by atoms with Gasteiger partial charge < -0.3 is 25.0 Å². The van der Waals surface area contributed by atoms with Gasteiger partial charge in [-0.2, -0.15) is 0 Å². The van der Waals surface area contributed by atoms with Crippen molar-refractivity contribution in [2.24, 2.45) is 0 Å². The normalized spacial score (nSPS) is 19.4. The number of nitrogens with one attached hydrogen (secondary N) is 2. The number of H-pyrrole nitrogens is 1. The Morgan fingerprint density at radius 2 is 1.84 bits per heavy atom. The Labute approximate surface area is 187 Å². The third-order valence-corrected chi connectivity index (χ3v) is 5.67. The standard InChI is InChI=1S/C17H22N2O3.C5H9F2N.ClH/c1-11(2)19-7-5-13(6-8-19)22-14-3-4-15-12(9-14)10-16(18-15)17(20)21;6-5(7)1-3-8-4-2-5;/h3-4,9-11,13,18H,5-8H2,1-2H3,(H,20,21);8H,1-4H2;1H. The molecular formula is C22H32ClF2N3O3. The van der Waals surface area contributed by atoms with Gasteiger partial charge in [-0.15, -0.1) is 12.4 Å². The minimum absolute atomic E-state index is 0. The Kier molecular flexibility index (Phi) is 9.09. The lowest BCUT2D eigenvalue weighted by atomic mass is 10.1. The zero-order chi connectivity index (χ0) is 21.7. The van der Waals surface area contributed by atoms with Crippen LogP contribution in [0.3, 0.4) is 0 Å². The number of carboxylic acids is 1. The molecule has 3 heterocycles. The lowest BCUT2D eigenvalue weighted by molar-refractivity contribution is -0.0274. The van der Waals surface area contributed by atoms with Gasteiger partial charge in [-0.1, -0.05) is 0 Å². The Morgan fingerprint density at radius 1 is 1.19 bits per heavy atom. The molecule has 0 saturated carbocycles. The van der Waals surface area contributed by atoms with E-state index in [0.29, 0.717) is 19.1 Å². The number of aromatic amines is 1. The molecule has 0 aliphatic carbocycles. The van der Waals surface area contributed by atoms with E-state index in [9.17, 15) is 13.6 Å². The monoisotopic (exact) mass is 459 g/mol. The SMILES string of the molecule is CC(C)N1CCC(Oc2ccc3[nH]c(C(=O)O)cc3c2)CC1.Cl.FC1(F)CCNCC1. The van der Waals surface area contributed by atoms with E-state index in [1.165, 1.54) is 0 Å². The lowest BCUT2D eigenvalue weighted by Crippen LogP contribution is -2.41. The molecule has 0 spiro atoms. The molecule has 2 aromatic rings. The molecule has 0 bridgehead atoms. The number of alkyl halides is 2. The van der Waals surface area contributed by atoms with Gasteiger partial charge in [0.15, 0.2) is 0 Å². The molecule has 2 aliphatic heterocycles. The number of aromatic nitrogens is 1. The smallest absolute Gasteiger partial charge is 0.352 e. The molecule has 0 atom stereocenters. The van der Waals surface area contributed by atoms with Crippen LogP contribution in [0.15, 0.2) is 24.3 Å². The summed E-state index contributed by atoms with van der Waals surface area (Å²) in [6, 6.07) is 7.92. The van der Waals surface area contributed by atoms with Gasteiger partial charge in [0.1, 0.15) is 17.5 Å². The topological polar surface area (TPSA) is 77.6 Å². The highest BCUT2D eigenvalue weighted by molar-refractivity contribution is 5.94. The maximum atomic E-state index is 12.2. The van der Waals surface area contributed by atoms with Gasteiger partial charge in [0.25, 0.3) is 5.92 Å². The third kappa shape index (κ3) is 7.33. The summed E-state index contributed by atoms with van der Waals surface area (Å²) >= 11 is 0. The fraction of sp³-hybridized carbons (Fsp3) is 0.591. The maximum absolute atomic E-state index is 12.2. The van der Waals surface area contributed by atoms with Gasteiger partial charge in [0.2, 0.25) is 0 Å². The molecule has 0 amide bonds. The summed E-state index contributed by atoms with van der Waals surface area (Å²) in [7, 11) is 0. The van der Waals surface area contributed by atoms with Gasteiger partial charge in [0.05, 0.1) is 0 Å². The average Bonchev–Trinajstić information content (AvgIpc) is 3.12. The van der Waals surface area contributed by atoms with Crippen LogP contribution in [0, 0.1) is 0 Å². The van der Waals surface area contributed by atoms with Crippen molar-refractivity contribution in [3.05, 3.63) is 30.0 Å². The molecule has 6 nitrogen and oxygen atoms in total. The number of piperidine rings is 2. The molecule has 174 valence electrons. The van der Waals surface area contributed by atoms with Crippen LogP contribution in [0.1, 0.15) is 50.0 Å². The Bertz CT molecular complexity index is 844. The first-order valence-corrected chi connectivity index (χ1v) is 10.6. The summed E-state index contributed by atoms with van der Waals surface area (Å²) < 4.78 is 30.4. The number of nitrogens with zero attached hydrogens (tertiary/aromatic N) is 1. The van der Waals surface area contributed by atoms with Gasteiger partial charge in [0, 0.05) is 56.0 Å². The molecule has 2 aliphatic rings. The number of carbonyl (C=O) groups is 1. The highest BCUT2D eigenvalue weighted by Crippen LogP contribution is 2.25. The number of aromatic carboxylic acids is 1. The molecule has 31 heavy (non-hydrogen) atoms. The van der Waals surface area contributed by atoms with Crippen molar-refractivity contribution in [1.82, 2.24) is 15.2 Å². The highest BCUT2D eigenvalue weighted by atomic mass is 35.5. The number of ether oxygens (including phenoxy) is 1. The molecule has 2 saturated heterocycles. The Morgan fingerprint density at radius 3 is 2.35 bits per heavy atom. The van der Waals surface area contributed by atoms with Gasteiger partial charge in [-0.25, -0.2) is 13.6 Å². The summed E-state index contributed by atoms with van der Waals surface area (Å²) in [5.41, 5.74) is 1.02. The highest BCUT2D eigenvalue weighted by Gasteiger charge is 2.30. The largest absolute Gasteiger partial charge is 0.490 e. The van der Waals surface area contributed by atoms with E-state index in [1.54, 1.807) is 6.07 Å². The quantitative estimate of drug-likeness (QED) is 0.625. The molecular weight excluding hydrogens is 428 g/mol. The molecule has 2 fully saturated rings. The number of halogens is 3. The Balaban J connectivity index is 0.000000322. The summed E-state index contributed by atoms with van der Waals surface area (Å²) in [6.07, 6.45) is 2.32. The molecule has 1 aromatic heterocycles. The predicted octanol–water partition coefficient (Wildman–Crippen LogP) is 4.54. The predicted molar refractivity (Wildman–Crippen MR) is 120 cm³/mol. The second-order valence-electron chi connectivity index (χ2n) is 8.29. The summed E-state index contributed by atoms with van der Waals surface area (Å²) in [4.78, 5) is 16.3. The molecule has 4 rings (SSSR count). The first-order chi connectivity index (χ1) is 14.2. The molecule has 1 aromatic carbocycles. The van der Waals surface area contributed by atoms with E-state index in [2.05, 4.69) is 29.0 Å². The number of fused-ring (bicyclic) bond motifs is 1. The van der Waals surface area contributed by atoms with E-state index in [-0.39, 0.29) is 37.0 Å². The van der Waals surface area contributed by atoms with E-state index < -0.39 is 11.9 Å². The van der Waals surface area contributed by atoms with Crippen LogP contribution in [0.4, 0.5) is 8.78 Å². The number of likely N-dealkylation sites (tertiary alicyclic amines) is 1. The van der Waals surface area contributed by atoms with Crippen molar-refractivity contribution < 1.29 is 23.4 Å². The number of hydrogen-bond donors (Lipinski definition) is 3. The van der Waals surface area contributed by atoms with Crippen molar-refractivity contribution >= 4 is 29.3 Å². The zero-order valence-corrected chi connectivity index (χ0v) is 18.8. The van der Waals surface area contributed by atoms with E-state index >= 15 is 0 Å². The van der Waals surface area contributed by atoms with Crippen molar-refractivity contribution in [3.63, 3.8) is 0 Å². The zero-order valence-electron chi connectivity index (χ0n) is 18.0. The van der Waals surface area contributed by atoms with Crippen LogP contribution >= 0.6 is 12.4 Å². The van der Waals surface area contributed by atoms with Crippen molar-refractivity contribution in [2.45, 2.75) is 57.6 Å². The first kappa shape index (κ1) is 25.4. The maximum Gasteiger partial charge on any atom is 0.352 e. The second kappa shape index (κ2) is 11.1. The molecule has 0 radical (unpaired) electrons. The van der Waals surface area contributed by atoms with E-state index in [0.717, 1.165) is 42.6 Å². The lowest BCUT2D eigenvalue weighted by Gasteiger charge is -2.34. The van der Waals surface area contributed by atoms with Crippen LogP contribution in [-0.2, 0) is 0 Å².